The highest BCUT2D eigenvalue weighted by Gasteiger charge is 2.14. The highest BCUT2D eigenvalue weighted by Crippen LogP contribution is 2.32. The fraction of sp³-hybridized carbons (Fsp3) is 0.143. The van der Waals surface area contributed by atoms with E-state index in [0.717, 1.165) is 6.07 Å². The summed E-state index contributed by atoms with van der Waals surface area (Å²) < 4.78 is 35.6. The maximum Gasteiger partial charge on any atom is 0.294 e. The lowest BCUT2D eigenvalue weighted by Gasteiger charge is -2.07. The van der Waals surface area contributed by atoms with E-state index in [1.165, 1.54) is 13.2 Å². The third kappa shape index (κ3) is 2.17. The van der Waals surface area contributed by atoms with Gasteiger partial charge in [-0.15, -0.1) is 0 Å². The monoisotopic (exact) mass is 281 g/mol. The van der Waals surface area contributed by atoms with E-state index in [-0.39, 0.29) is 16.3 Å². The van der Waals surface area contributed by atoms with Crippen molar-refractivity contribution in [3.05, 3.63) is 16.6 Å². The molecule has 0 atom stereocenters. The van der Waals surface area contributed by atoms with Gasteiger partial charge in [-0.3, -0.25) is 4.55 Å². The molecule has 1 aromatic rings. The highest BCUT2D eigenvalue weighted by molar-refractivity contribution is 9.10. The molecule has 1 rings (SSSR count). The van der Waals surface area contributed by atoms with Crippen LogP contribution >= 0.6 is 15.9 Å². The molecule has 0 radical (unpaired) electrons. The van der Waals surface area contributed by atoms with Gasteiger partial charge in [0.05, 0.1) is 17.7 Å². The van der Waals surface area contributed by atoms with E-state index in [2.05, 4.69) is 15.9 Å². The third-order valence-electron chi connectivity index (χ3n) is 1.58. The molecule has 78 valence electrons. The van der Waals surface area contributed by atoms with Gasteiger partial charge in [-0.25, -0.2) is 0 Å². The molecule has 0 saturated heterocycles. The summed E-state index contributed by atoms with van der Waals surface area (Å²) in [5.74, 6) is 0.187. The SMILES string of the molecule is COc1cc(S(=O)(=O)O)cc(Br)c1N. The molecule has 0 spiro atoms. The minimum Gasteiger partial charge on any atom is -0.495 e. The lowest BCUT2D eigenvalue weighted by Crippen LogP contribution is -2.01. The van der Waals surface area contributed by atoms with Gasteiger partial charge in [-0.05, 0) is 22.0 Å². The zero-order valence-corrected chi connectivity index (χ0v) is 9.59. The zero-order chi connectivity index (χ0) is 10.9. The van der Waals surface area contributed by atoms with Gasteiger partial charge in [0.15, 0.2) is 0 Å². The second-order valence-corrected chi connectivity index (χ2v) is 4.77. The predicted octanol–water partition coefficient (Wildman–Crippen LogP) is 1.29. The summed E-state index contributed by atoms with van der Waals surface area (Å²) in [5.41, 5.74) is 5.83. The van der Waals surface area contributed by atoms with Crippen LogP contribution in [0, 0.1) is 0 Å². The fourth-order valence-corrected chi connectivity index (χ4v) is 2.00. The fourth-order valence-electron chi connectivity index (χ4n) is 0.887. The van der Waals surface area contributed by atoms with Crippen LogP contribution in [0.1, 0.15) is 0 Å². The van der Waals surface area contributed by atoms with Crippen LogP contribution in [0.15, 0.2) is 21.5 Å². The summed E-state index contributed by atoms with van der Waals surface area (Å²) in [6.45, 7) is 0. The Labute approximate surface area is 89.7 Å². The van der Waals surface area contributed by atoms with Gasteiger partial charge in [0, 0.05) is 10.5 Å². The predicted molar refractivity (Wildman–Crippen MR) is 54.9 cm³/mol. The van der Waals surface area contributed by atoms with Crippen molar-refractivity contribution in [3.8, 4) is 5.75 Å². The molecule has 0 aromatic heterocycles. The van der Waals surface area contributed by atoms with Crippen molar-refractivity contribution in [1.82, 2.24) is 0 Å². The number of nitrogens with two attached hydrogens (primary N) is 1. The van der Waals surface area contributed by atoms with Crippen LogP contribution in [0.25, 0.3) is 0 Å². The first-order valence-corrected chi connectivity index (χ1v) is 5.70. The van der Waals surface area contributed by atoms with Gasteiger partial charge < -0.3 is 10.5 Å². The van der Waals surface area contributed by atoms with Gasteiger partial charge in [0.1, 0.15) is 5.75 Å². The van der Waals surface area contributed by atoms with Crippen LogP contribution in [0.4, 0.5) is 5.69 Å². The number of nitrogen functional groups attached to an aromatic ring is 1. The largest absolute Gasteiger partial charge is 0.495 e. The van der Waals surface area contributed by atoms with E-state index in [1.54, 1.807) is 0 Å². The molecule has 0 amide bonds. The van der Waals surface area contributed by atoms with E-state index in [1.807, 2.05) is 0 Å². The molecule has 0 bridgehead atoms. The van der Waals surface area contributed by atoms with Crippen molar-refractivity contribution in [1.29, 1.82) is 0 Å². The normalized spacial score (nSPS) is 11.4. The first kappa shape index (κ1) is 11.3. The van der Waals surface area contributed by atoms with Gasteiger partial charge in [-0.2, -0.15) is 8.42 Å². The summed E-state index contributed by atoms with van der Waals surface area (Å²) in [4.78, 5) is -0.268. The first-order chi connectivity index (χ1) is 6.36. The standard InChI is InChI=1S/C7H8BrNO4S/c1-13-6-3-4(14(10,11)12)2-5(8)7(6)9/h2-3H,9H2,1H3,(H,10,11,12). The number of benzene rings is 1. The molecule has 5 nitrogen and oxygen atoms in total. The number of halogens is 1. The third-order valence-corrected chi connectivity index (χ3v) is 3.07. The molecule has 0 heterocycles. The van der Waals surface area contributed by atoms with Crippen molar-refractivity contribution in [2.75, 3.05) is 12.8 Å². The molecule has 0 aliphatic carbocycles. The van der Waals surface area contributed by atoms with E-state index >= 15 is 0 Å². The molecule has 0 unspecified atom stereocenters. The van der Waals surface area contributed by atoms with E-state index in [0.29, 0.717) is 4.47 Å². The number of hydrogen-bond donors (Lipinski definition) is 2. The van der Waals surface area contributed by atoms with Crippen molar-refractivity contribution in [3.63, 3.8) is 0 Å². The van der Waals surface area contributed by atoms with Gasteiger partial charge in [0.2, 0.25) is 0 Å². The lowest BCUT2D eigenvalue weighted by atomic mass is 10.3. The maximum atomic E-state index is 10.8. The average molecular weight is 282 g/mol. The molecule has 14 heavy (non-hydrogen) atoms. The van der Waals surface area contributed by atoms with Crippen molar-refractivity contribution < 1.29 is 17.7 Å². The Morgan fingerprint density at radius 3 is 2.50 bits per heavy atom. The summed E-state index contributed by atoms with van der Waals surface area (Å²) in [6.07, 6.45) is 0. The number of ether oxygens (including phenoxy) is 1. The minimum atomic E-state index is -4.24. The van der Waals surface area contributed by atoms with E-state index < -0.39 is 10.1 Å². The molecule has 0 aliphatic rings. The Kier molecular flexibility index (Phi) is 3.03. The maximum absolute atomic E-state index is 10.8. The van der Waals surface area contributed by atoms with Crippen molar-refractivity contribution in [2.24, 2.45) is 0 Å². The quantitative estimate of drug-likeness (QED) is 0.630. The minimum absolute atomic E-state index is 0.187. The van der Waals surface area contributed by atoms with Gasteiger partial charge in [0.25, 0.3) is 10.1 Å². The molecular weight excluding hydrogens is 274 g/mol. The summed E-state index contributed by atoms with van der Waals surface area (Å²) >= 11 is 3.05. The molecule has 0 aliphatic heterocycles. The van der Waals surface area contributed by atoms with Crippen LogP contribution in [-0.4, -0.2) is 20.1 Å². The zero-order valence-electron chi connectivity index (χ0n) is 7.19. The highest BCUT2D eigenvalue weighted by atomic mass is 79.9. The summed E-state index contributed by atoms with van der Waals surface area (Å²) in [7, 11) is -2.89. The summed E-state index contributed by atoms with van der Waals surface area (Å²) in [5, 5.41) is 0. The Morgan fingerprint density at radius 1 is 1.50 bits per heavy atom. The summed E-state index contributed by atoms with van der Waals surface area (Å²) in [6, 6.07) is 2.35. The number of methoxy groups -OCH3 is 1. The Bertz CT molecular complexity index is 457. The average Bonchev–Trinajstić information content (AvgIpc) is 2.07. The Morgan fingerprint density at radius 2 is 2.07 bits per heavy atom. The lowest BCUT2D eigenvalue weighted by molar-refractivity contribution is 0.414. The topological polar surface area (TPSA) is 89.6 Å². The van der Waals surface area contributed by atoms with Crippen molar-refractivity contribution in [2.45, 2.75) is 4.90 Å². The Hall–Kier alpha value is -0.790. The first-order valence-electron chi connectivity index (χ1n) is 3.46. The van der Waals surface area contributed by atoms with Crippen LogP contribution in [0.3, 0.4) is 0 Å². The number of anilines is 1. The molecule has 7 heteroatoms. The van der Waals surface area contributed by atoms with Crippen LogP contribution in [0.5, 0.6) is 5.75 Å². The number of hydrogen-bond acceptors (Lipinski definition) is 4. The number of rotatable bonds is 2. The van der Waals surface area contributed by atoms with Gasteiger partial charge in [-0.1, -0.05) is 0 Å². The Balaban J connectivity index is 3.46. The molecule has 1 aromatic carbocycles. The molecular formula is C7H8BrNO4S. The second-order valence-electron chi connectivity index (χ2n) is 2.50. The van der Waals surface area contributed by atoms with Gasteiger partial charge >= 0.3 is 0 Å². The van der Waals surface area contributed by atoms with Crippen molar-refractivity contribution >= 4 is 31.7 Å². The van der Waals surface area contributed by atoms with E-state index in [9.17, 15) is 8.42 Å². The second kappa shape index (κ2) is 3.76. The van der Waals surface area contributed by atoms with Crippen LogP contribution in [0.2, 0.25) is 0 Å². The van der Waals surface area contributed by atoms with Crippen LogP contribution in [-0.2, 0) is 10.1 Å². The molecule has 0 saturated carbocycles. The van der Waals surface area contributed by atoms with Crippen LogP contribution < -0.4 is 10.5 Å². The smallest absolute Gasteiger partial charge is 0.294 e. The molecule has 0 fully saturated rings. The van der Waals surface area contributed by atoms with E-state index in [4.69, 9.17) is 15.0 Å². The molecule has 3 N–H and O–H groups in total.